The lowest BCUT2D eigenvalue weighted by Crippen LogP contribution is -2.15. The van der Waals surface area contributed by atoms with E-state index < -0.39 is 0 Å². The Labute approximate surface area is 116 Å². The summed E-state index contributed by atoms with van der Waals surface area (Å²) in [4.78, 5) is 9.74. The fourth-order valence-electron chi connectivity index (χ4n) is 2.10. The van der Waals surface area contributed by atoms with E-state index in [0.717, 1.165) is 31.6 Å². The summed E-state index contributed by atoms with van der Waals surface area (Å²) < 4.78 is 2.21. The second-order valence-corrected chi connectivity index (χ2v) is 5.40. The zero-order valence-electron chi connectivity index (χ0n) is 10.6. The molecule has 3 rings (SSSR count). The van der Waals surface area contributed by atoms with Gasteiger partial charge < -0.3 is 9.88 Å². The molecule has 98 valence electrons. The van der Waals surface area contributed by atoms with Crippen LogP contribution in [0.15, 0.2) is 42.3 Å². The van der Waals surface area contributed by atoms with Crippen molar-refractivity contribution in [2.45, 2.75) is 19.5 Å². The number of hydrogen-bond acceptors (Lipinski definition) is 4. The number of hydrogen-bond donors (Lipinski definition) is 1. The van der Waals surface area contributed by atoms with Crippen molar-refractivity contribution in [1.29, 1.82) is 0 Å². The monoisotopic (exact) mass is 272 g/mol. The zero-order chi connectivity index (χ0) is 12.9. The molecule has 0 fully saturated rings. The van der Waals surface area contributed by atoms with Crippen LogP contribution in [0.3, 0.4) is 0 Å². The van der Waals surface area contributed by atoms with E-state index in [1.54, 1.807) is 11.3 Å². The van der Waals surface area contributed by atoms with Crippen LogP contribution in [0.5, 0.6) is 0 Å². The highest BCUT2D eigenvalue weighted by Crippen LogP contribution is 2.11. The van der Waals surface area contributed by atoms with Gasteiger partial charge in [0.1, 0.15) is 0 Å². The number of nitrogens with zero attached hydrogens (tertiary/aromatic N) is 3. The molecule has 0 radical (unpaired) electrons. The predicted octanol–water partition coefficient (Wildman–Crippen LogP) is 2.67. The Morgan fingerprint density at radius 3 is 3.11 bits per heavy atom. The van der Waals surface area contributed by atoms with E-state index in [9.17, 15) is 0 Å². The van der Waals surface area contributed by atoms with Crippen LogP contribution in [0, 0.1) is 0 Å². The number of rotatable bonds is 6. The van der Waals surface area contributed by atoms with Gasteiger partial charge in [-0.15, -0.1) is 11.3 Å². The first kappa shape index (κ1) is 12.3. The zero-order valence-corrected chi connectivity index (χ0v) is 11.4. The van der Waals surface area contributed by atoms with Gasteiger partial charge in [-0.3, -0.25) is 4.98 Å². The fourth-order valence-corrected chi connectivity index (χ4v) is 2.67. The Bertz CT molecular complexity index is 630. The van der Waals surface area contributed by atoms with Crippen molar-refractivity contribution in [2.24, 2.45) is 0 Å². The van der Waals surface area contributed by atoms with Crippen LogP contribution in [0.4, 0.5) is 0 Å². The maximum absolute atomic E-state index is 4.39. The molecule has 0 amide bonds. The highest BCUT2D eigenvalue weighted by atomic mass is 32.1. The molecule has 1 aromatic carbocycles. The van der Waals surface area contributed by atoms with Crippen molar-refractivity contribution in [3.63, 3.8) is 0 Å². The van der Waals surface area contributed by atoms with Gasteiger partial charge >= 0.3 is 0 Å². The van der Waals surface area contributed by atoms with Crippen LogP contribution >= 0.6 is 11.3 Å². The molecule has 4 nitrogen and oxygen atoms in total. The average Bonchev–Trinajstić information content (AvgIpc) is 3.08. The Morgan fingerprint density at radius 2 is 2.21 bits per heavy atom. The van der Waals surface area contributed by atoms with E-state index in [1.807, 2.05) is 30.2 Å². The Morgan fingerprint density at radius 1 is 1.26 bits per heavy atom. The molecule has 0 aliphatic rings. The number of nitrogens with one attached hydrogen (secondary N) is 1. The highest BCUT2D eigenvalue weighted by molar-refractivity contribution is 7.09. The summed E-state index contributed by atoms with van der Waals surface area (Å²) in [6.45, 7) is 2.91. The Hall–Kier alpha value is -1.72. The summed E-state index contributed by atoms with van der Waals surface area (Å²) in [5.41, 5.74) is 4.15. The standard InChI is InChI=1S/C14H16N4S/c1-2-5-14-13(4-1)17-10-18(14)7-3-6-15-8-12-9-16-11-19-12/h1-2,4-5,9-11,15H,3,6-8H2. The number of imidazole rings is 1. The summed E-state index contributed by atoms with van der Waals surface area (Å²) >= 11 is 1.69. The lowest BCUT2D eigenvalue weighted by Gasteiger charge is -2.05. The van der Waals surface area contributed by atoms with Crippen LogP contribution in [0.1, 0.15) is 11.3 Å². The largest absolute Gasteiger partial charge is 0.331 e. The molecular weight excluding hydrogens is 256 g/mol. The van der Waals surface area contributed by atoms with Crippen molar-refractivity contribution < 1.29 is 0 Å². The Kier molecular flexibility index (Phi) is 3.86. The van der Waals surface area contributed by atoms with Crippen LogP contribution in [0.25, 0.3) is 11.0 Å². The number of thiazole rings is 1. The second-order valence-electron chi connectivity index (χ2n) is 4.42. The number of fused-ring (bicyclic) bond motifs is 1. The summed E-state index contributed by atoms with van der Waals surface area (Å²) in [7, 11) is 0. The van der Waals surface area contributed by atoms with Gasteiger partial charge in [-0.25, -0.2) is 4.98 Å². The summed E-state index contributed by atoms with van der Waals surface area (Å²) in [6, 6.07) is 8.25. The summed E-state index contributed by atoms with van der Waals surface area (Å²) in [6.07, 6.45) is 4.94. The minimum absolute atomic E-state index is 0.912. The summed E-state index contributed by atoms with van der Waals surface area (Å²) in [5.74, 6) is 0. The van der Waals surface area contributed by atoms with E-state index in [-0.39, 0.29) is 0 Å². The molecule has 1 N–H and O–H groups in total. The van der Waals surface area contributed by atoms with Gasteiger partial charge in [-0.1, -0.05) is 12.1 Å². The van der Waals surface area contributed by atoms with E-state index in [2.05, 4.69) is 32.0 Å². The van der Waals surface area contributed by atoms with Gasteiger partial charge in [0.25, 0.3) is 0 Å². The minimum Gasteiger partial charge on any atom is -0.331 e. The van der Waals surface area contributed by atoms with Gasteiger partial charge in [-0.2, -0.15) is 0 Å². The molecular formula is C14H16N4S. The smallest absolute Gasteiger partial charge is 0.0958 e. The van der Waals surface area contributed by atoms with E-state index >= 15 is 0 Å². The molecule has 0 aliphatic heterocycles. The van der Waals surface area contributed by atoms with Gasteiger partial charge in [0, 0.05) is 24.2 Å². The molecule has 2 aromatic heterocycles. The van der Waals surface area contributed by atoms with Crippen LogP contribution in [-0.4, -0.2) is 21.1 Å². The third-order valence-electron chi connectivity index (χ3n) is 3.06. The molecule has 3 aromatic rings. The third-order valence-corrected chi connectivity index (χ3v) is 3.84. The molecule has 2 heterocycles. The van der Waals surface area contributed by atoms with Crippen molar-refractivity contribution in [3.8, 4) is 0 Å². The summed E-state index contributed by atoms with van der Waals surface area (Å²) in [5, 5.41) is 3.43. The first-order valence-electron chi connectivity index (χ1n) is 6.41. The van der Waals surface area contributed by atoms with Crippen molar-refractivity contribution in [3.05, 3.63) is 47.2 Å². The molecule has 0 saturated heterocycles. The first-order valence-corrected chi connectivity index (χ1v) is 7.29. The second kappa shape index (κ2) is 5.95. The number of aryl methyl sites for hydroxylation is 1. The minimum atomic E-state index is 0.912. The van der Waals surface area contributed by atoms with Crippen LogP contribution < -0.4 is 5.32 Å². The SMILES string of the molecule is c1ccc2c(c1)ncn2CCCNCc1cncs1. The Balaban J connectivity index is 1.47. The van der Waals surface area contributed by atoms with Crippen molar-refractivity contribution in [2.75, 3.05) is 6.54 Å². The lowest BCUT2D eigenvalue weighted by molar-refractivity contribution is 0.591. The van der Waals surface area contributed by atoms with Crippen LogP contribution in [-0.2, 0) is 13.1 Å². The van der Waals surface area contributed by atoms with Gasteiger partial charge in [0.2, 0.25) is 0 Å². The van der Waals surface area contributed by atoms with Crippen LogP contribution in [0.2, 0.25) is 0 Å². The van der Waals surface area contributed by atoms with Gasteiger partial charge in [0.15, 0.2) is 0 Å². The number of benzene rings is 1. The molecule has 0 spiro atoms. The quantitative estimate of drug-likeness (QED) is 0.702. The van der Waals surface area contributed by atoms with E-state index in [1.165, 1.54) is 10.4 Å². The lowest BCUT2D eigenvalue weighted by atomic mass is 10.3. The van der Waals surface area contributed by atoms with Crippen molar-refractivity contribution in [1.82, 2.24) is 19.9 Å². The normalized spacial score (nSPS) is 11.2. The van der Waals surface area contributed by atoms with E-state index in [4.69, 9.17) is 0 Å². The maximum atomic E-state index is 4.39. The van der Waals surface area contributed by atoms with Gasteiger partial charge in [-0.05, 0) is 25.1 Å². The topological polar surface area (TPSA) is 42.7 Å². The van der Waals surface area contributed by atoms with E-state index in [0.29, 0.717) is 0 Å². The molecule has 0 aliphatic carbocycles. The number of aromatic nitrogens is 3. The molecule has 5 heteroatoms. The highest BCUT2D eigenvalue weighted by Gasteiger charge is 2.00. The van der Waals surface area contributed by atoms with Gasteiger partial charge in [0.05, 0.1) is 22.9 Å². The first-order chi connectivity index (χ1) is 9.43. The maximum Gasteiger partial charge on any atom is 0.0958 e. The predicted molar refractivity (Wildman–Crippen MR) is 78.2 cm³/mol. The molecule has 0 bridgehead atoms. The number of para-hydroxylation sites is 2. The molecule has 0 unspecified atom stereocenters. The molecule has 0 atom stereocenters. The molecule has 19 heavy (non-hydrogen) atoms. The third kappa shape index (κ3) is 3.00. The molecule has 0 saturated carbocycles. The fraction of sp³-hybridized carbons (Fsp3) is 0.286. The van der Waals surface area contributed by atoms with Crippen molar-refractivity contribution >= 4 is 22.4 Å². The average molecular weight is 272 g/mol.